The van der Waals surface area contributed by atoms with Gasteiger partial charge in [0, 0.05) is 12.0 Å². The molecule has 0 radical (unpaired) electrons. The molecule has 1 atom stereocenters. The molecule has 17 heavy (non-hydrogen) atoms. The Kier molecular flexibility index (Phi) is 3.36. The van der Waals surface area contributed by atoms with Crippen LogP contribution in [0.1, 0.15) is 36.0 Å². The molecule has 1 heterocycles. The number of aryl methyl sites for hydroxylation is 1. The van der Waals surface area contributed by atoms with Crippen LogP contribution in [0.2, 0.25) is 0 Å². The first-order valence-electron chi connectivity index (χ1n) is 5.98. The minimum absolute atomic E-state index is 0.169. The van der Waals surface area contributed by atoms with Crippen LogP contribution in [0, 0.1) is 13.8 Å². The van der Waals surface area contributed by atoms with Gasteiger partial charge in [0.05, 0.1) is 0 Å². The predicted octanol–water partition coefficient (Wildman–Crippen LogP) is 2.77. The Bertz CT molecular complexity index is 438. The van der Waals surface area contributed by atoms with E-state index >= 15 is 0 Å². The van der Waals surface area contributed by atoms with Crippen molar-refractivity contribution in [2.24, 2.45) is 0 Å². The van der Waals surface area contributed by atoms with Crippen molar-refractivity contribution < 1.29 is 14.3 Å². The van der Waals surface area contributed by atoms with Gasteiger partial charge in [0.1, 0.15) is 19.5 Å². The molecule has 0 saturated carbocycles. The normalized spacial score (nSPS) is 15.5. The molecule has 0 bridgehead atoms. The molecule has 0 N–H and O–H groups in total. The molecule has 1 aromatic rings. The maximum atomic E-state index is 10.6. The van der Waals surface area contributed by atoms with Gasteiger partial charge in [0.2, 0.25) is 0 Å². The van der Waals surface area contributed by atoms with Crippen molar-refractivity contribution in [2.45, 2.75) is 33.1 Å². The number of rotatable bonds is 3. The number of aldehydes is 1. The number of hydrogen-bond donors (Lipinski definition) is 0. The lowest BCUT2D eigenvalue weighted by molar-refractivity contribution is -0.108. The maximum Gasteiger partial charge on any atom is 0.165 e. The molecule has 1 aliphatic heterocycles. The second-order valence-corrected chi connectivity index (χ2v) is 4.57. The van der Waals surface area contributed by atoms with Crippen molar-refractivity contribution in [2.75, 3.05) is 13.2 Å². The fraction of sp³-hybridized carbons (Fsp3) is 0.500. The Morgan fingerprint density at radius 1 is 1.29 bits per heavy atom. The van der Waals surface area contributed by atoms with Gasteiger partial charge in [-0.3, -0.25) is 0 Å². The lowest BCUT2D eigenvalue weighted by Gasteiger charge is -2.25. The molecule has 0 spiro atoms. The van der Waals surface area contributed by atoms with E-state index in [1.807, 2.05) is 13.8 Å². The highest BCUT2D eigenvalue weighted by atomic mass is 16.6. The number of ether oxygens (including phenoxy) is 2. The number of hydrogen-bond acceptors (Lipinski definition) is 3. The molecule has 0 aromatic heterocycles. The van der Waals surface area contributed by atoms with Crippen molar-refractivity contribution in [1.82, 2.24) is 0 Å². The fourth-order valence-electron chi connectivity index (χ4n) is 2.14. The smallest absolute Gasteiger partial charge is 0.165 e. The Balaban J connectivity index is 2.51. The van der Waals surface area contributed by atoms with E-state index in [0.717, 1.165) is 28.9 Å². The summed E-state index contributed by atoms with van der Waals surface area (Å²) in [5, 5.41) is 0. The van der Waals surface area contributed by atoms with Crippen LogP contribution in [0.25, 0.3) is 0 Å². The highest BCUT2D eigenvalue weighted by Crippen LogP contribution is 2.42. The van der Waals surface area contributed by atoms with Gasteiger partial charge in [0.25, 0.3) is 0 Å². The molecule has 0 aliphatic carbocycles. The Labute approximate surface area is 102 Å². The summed E-state index contributed by atoms with van der Waals surface area (Å²) < 4.78 is 11.4. The quantitative estimate of drug-likeness (QED) is 0.754. The summed E-state index contributed by atoms with van der Waals surface area (Å²) in [7, 11) is 0. The average Bonchev–Trinajstić information content (AvgIpc) is 2.34. The summed E-state index contributed by atoms with van der Waals surface area (Å²) in [5.41, 5.74) is 3.39. The van der Waals surface area contributed by atoms with Gasteiger partial charge in [-0.15, -0.1) is 0 Å². The SMILES string of the molecule is Cc1cc(C(C)CC=O)c2c(c1C)OCCO2. The Hall–Kier alpha value is -1.51. The minimum atomic E-state index is 0.169. The molecule has 1 unspecified atom stereocenters. The van der Waals surface area contributed by atoms with E-state index < -0.39 is 0 Å². The molecule has 0 saturated heterocycles. The zero-order valence-electron chi connectivity index (χ0n) is 10.6. The summed E-state index contributed by atoms with van der Waals surface area (Å²) in [6.45, 7) is 7.31. The van der Waals surface area contributed by atoms with Gasteiger partial charge in [-0.25, -0.2) is 0 Å². The van der Waals surface area contributed by atoms with Crippen molar-refractivity contribution in [1.29, 1.82) is 0 Å². The fourth-order valence-corrected chi connectivity index (χ4v) is 2.14. The van der Waals surface area contributed by atoms with E-state index in [9.17, 15) is 4.79 Å². The van der Waals surface area contributed by atoms with Gasteiger partial charge < -0.3 is 14.3 Å². The van der Waals surface area contributed by atoms with E-state index in [1.54, 1.807) is 0 Å². The van der Waals surface area contributed by atoms with Crippen molar-refractivity contribution in [3.63, 3.8) is 0 Å². The van der Waals surface area contributed by atoms with E-state index in [-0.39, 0.29) is 5.92 Å². The first-order chi connectivity index (χ1) is 8.15. The van der Waals surface area contributed by atoms with Crippen LogP contribution in [-0.4, -0.2) is 19.5 Å². The number of fused-ring (bicyclic) bond motifs is 1. The third kappa shape index (κ3) is 2.14. The molecular formula is C14H18O3. The second kappa shape index (κ2) is 4.78. The standard InChI is InChI=1S/C14H18O3/c1-9(4-5-15)12-8-10(2)11(3)13-14(12)17-7-6-16-13/h5,8-9H,4,6-7H2,1-3H3. The molecule has 1 aromatic carbocycles. The number of carbonyl (C=O) groups is 1. The first-order valence-corrected chi connectivity index (χ1v) is 5.98. The summed E-state index contributed by atoms with van der Waals surface area (Å²) >= 11 is 0. The van der Waals surface area contributed by atoms with Crippen LogP contribution < -0.4 is 9.47 Å². The molecule has 2 rings (SSSR count). The number of benzene rings is 1. The van der Waals surface area contributed by atoms with Gasteiger partial charge >= 0.3 is 0 Å². The summed E-state index contributed by atoms with van der Waals surface area (Å²) in [5.74, 6) is 1.85. The predicted molar refractivity (Wildman–Crippen MR) is 66.0 cm³/mol. The van der Waals surface area contributed by atoms with Crippen molar-refractivity contribution in [3.05, 3.63) is 22.8 Å². The van der Waals surface area contributed by atoms with Crippen LogP contribution in [0.3, 0.4) is 0 Å². The summed E-state index contributed by atoms with van der Waals surface area (Å²) in [4.78, 5) is 10.6. The van der Waals surface area contributed by atoms with Gasteiger partial charge in [-0.1, -0.05) is 13.0 Å². The van der Waals surface area contributed by atoms with Crippen molar-refractivity contribution >= 4 is 6.29 Å². The average molecular weight is 234 g/mol. The third-order valence-electron chi connectivity index (χ3n) is 3.33. The minimum Gasteiger partial charge on any atom is -0.486 e. The molecule has 0 amide bonds. The van der Waals surface area contributed by atoms with E-state index in [1.165, 1.54) is 5.56 Å². The zero-order valence-corrected chi connectivity index (χ0v) is 10.6. The molecule has 92 valence electrons. The lowest BCUT2D eigenvalue weighted by Crippen LogP contribution is -2.18. The molecular weight excluding hydrogens is 216 g/mol. The van der Waals surface area contributed by atoms with Gasteiger partial charge in [-0.2, -0.15) is 0 Å². The highest BCUT2D eigenvalue weighted by Gasteiger charge is 2.22. The Morgan fingerprint density at radius 3 is 2.59 bits per heavy atom. The second-order valence-electron chi connectivity index (χ2n) is 4.57. The van der Waals surface area contributed by atoms with Crippen LogP contribution in [0.15, 0.2) is 6.07 Å². The van der Waals surface area contributed by atoms with Crippen LogP contribution in [0.4, 0.5) is 0 Å². The van der Waals surface area contributed by atoms with E-state index in [2.05, 4.69) is 13.0 Å². The van der Waals surface area contributed by atoms with Crippen LogP contribution in [0.5, 0.6) is 11.5 Å². The topological polar surface area (TPSA) is 35.5 Å². The van der Waals surface area contributed by atoms with Gasteiger partial charge in [0.15, 0.2) is 11.5 Å². The molecule has 3 nitrogen and oxygen atoms in total. The van der Waals surface area contributed by atoms with Crippen molar-refractivity contribution in [3.8, 4) is 11.5 Å². The molecule has 0 fully saturated rings. The zero-order chi connectivity index (χ0) is 12.4. The first kappa shape index (κ1) is 12.0. The van der Waals surface area contributed by atoms with E-state index in [4.69, 9.17) is 9.47 Å². The number of carbonyl (C=O) groups excluding carboxylic acids is 1. The summed E-state index contributed by atoms with van der Waals surface area (Å²) in [6.07, 6.45) is 1.47. The maximum absolute atomic E-state index is 10.6. The Morgan fingerprint density at radius 2 is 1.94 bits per heavy atom. The molecule has 1 aliphatic rings. The van der Waals surface area contributed by atoms with Gasteiger partial charge in [-0.05, 0) is 30.9 Å². The molecule has 3 heteroatoms. The van der Waals surface area contributed by atoms with Crippen LogP contribution in [-0.2, 0) is 4.79 Å². The largest absolute Gasteiger partial charge is 0.486 e. The lowest BCUT2D eigenvalue weighted by atomic mass is 9.93. The third-order valence-corrected chi connectivity index (χ3v) is 3.33. The summed E-state index contributed by atoms with van der Waals surface area (Å²) in [6, 6.07) is 2.11. The highest BCUT2D eigenvalue weighted by molar-refractivity contribution is 5.59. The van der Waals surface area contributed by atoms with Crippen LogP contribution >= 0.6 is 0 Å². The monoisotopic (exact) mass is 234 g/mol. The van der Waals surface area contributed by atoms with E-state index in [0.29, 0.717) is 19.6 Å².